The van der Waals surface area contributed by atoms with E-state index in [0.29, 0.717) is 6.10 Å². The molecule has 1 nitrogen and oxygen atoms in total. The van der Waals surface area contributed by atoms with Crippen molar-refractivity contribution in [2.75, 3.05) is 7.11 Å². The molecule has 0 amide bonds. The minimum atomic E-state index is 0.471. The van der Waals surface area contributed by atoms with Crippen LogP contribution in [0.25, 0.3) is 0 Å². The van der Waals surface area contributed by atoms with Gasteiger partial charge in [0, 0.05) is 7.11 Å². The Morgan fingerprint density at radius 3 is 2.36 bits per heavy atom. The van der Waals surface area contributed by atoms with Crippen LogP contribution in [0.5, 0.6) is 0 Å². The van der Waals surface area contributed by atoms with Crippen molar-refractivity contribution < 1.29 is 4.74 Å². The highest BCUT2D eigenvalue weighted by Crippen LogP contribution is 2.43. The van der Waals surface area contributed by atoms with Crippen LogP contribution in [0.3, 0.4) is 0 Å². The standard InChI is InChI=1S/C13H24O/c1-10(14-2)6-13-8-11-4-3-5-12(7-11)9-13/h10-13H,3-9H2,1-2H3. The van der Waals surface area contributed by atoms with Crippen molar-refractivity contribution in [3.8, 4) is 0 Å². The Bertz CT molecular complexity index is 163. The van der Waals surface area contributed by atoms with E-state index in [4.69, 9.17) is 4.74 Å². The summed E-state index contributed by atoms with van der Waals surface area (Å²) in [5.74, 6) is 3.10. The third-order valence-electron chi connectivity index (χ3n) is 4.29. The zero-order valence-corrected chi connectivity index (χ0v) is 9.67. The predicted octanol–water partition coefficient (Wildman–Crippen LogP) is 3.63. The number of ether oxygens (including phenoxy) is 1. The van der Waals surface area contributed by atoms with E-state index in [2.05, 4.69) is 6.92 Å². The SMILES string of the molecule is COC(C)CC1CC2CCCC(C2)C1. The summed E-state index contributed by atoms with van der Waals surface area (Å²) in [5.41, 5.74) is 0. The van der Waals surface area contributed by atoms with Gasteiger partial charge in [0.2, 0.25) is 0 Å². The molecule has 0 heterocycles. The highest BCUT2D eigenvalue weighted by molar-refractivity contribution is 4.83. The normalized spacial score (nSPS) is 39.4. The summed E-state index contributed by atoms with van der Waals surface area (Å²) in [7, 11) is 1.84. The van der Waals surface area contributed by atoms with Crippen LogP contribution in [-0.2, 0) is 4.74 Å². The predicted molar refractivity (Wildman–Crippen MR) is 59.3 cm³/mol. The number of hydrogen-bond acceptors (Lipinski definition) is 1. The van der Waals surface area contributed by atoms with E-state index >= 15 is 0 Å². The molecule has 1 heteroatoms. The average molecular weight is 196 g/mol. The Morgan fingerprint density at radius 1 is 1.14 bits per heavy atom. The van der Waals surface area contributed by atoms with Crippen LogP contribution in [0.4, 0.5) is 0 Å². The van der Waals surface area contributed by atoms with Gasteiger partial charge in [0.05, 0.1) is 6.10 Å². The van der Waals surface area contributed by atoms with Gasteiger partial charge < -0.3 is 4.74 Å². The second-order valence-corrected chi connectivity index (χ2v) is 5.52. The van der Waals surface area contributed by atoms with E-state index < -0.39 is 0 Å². The lowest BCUT2D eigenvalue weighted by Gasteiger charge is -2.39. The first-order chi connectivity index (χ1) is 6.78. The van der Waals surface area contributed by atoms with E-state index in [1.807, 2.05) is 7.11 Å². The van der Waals surface area contributed by atoms with Crippen molar-refractivity contribution >= 4 is 0 Å². The third kappa shape index (κ3) is 2.50. The van der Waals surface area contributed by atoms with Crippen molar-refractivity contribution in [2.45, 2.75) is 58.0 Å². The summed E-state index contributed by atoms with van der Waals surface area (Å²) < 4.78 is 5.38. The average Bonchev–Trinajstić information content (AvgIpc) is 2.17. The number of hydrogen-bond donors (Lipinski definition) is 0. The van der Waals surface area contributed by atoms with Crippen molar-refractivity contribution in [3.05, 3.63) is 0 Å². The molecule has 2 fully saturated rings. The molecule has 0 aliphatic heterocycles. The van der Waals surface area contributed by atoms with Crippen LogP contribution in [0.1, 0.15) is 51.9 Å². The molecule has 0 aromatic heterocycles. The molecule has 14 heavy (non-hydrogen) atoms. The molecule has 2 bridgehead atoms. The van der Waals surface area contributed by atoms with E-state index in [1.165, 1.54) is 44.9 Å². The smallest absolute Gasteiger partial charge is 0.0545 e. The molecular formula is C13H24O. The lowest BCUT2D eigenvalue weighted by molar-refractivity contribution is 0.0605. The van der Waals surface area contributed by atoms with E-state index in [-0.39, 0.29) is 0 Å². The molecule has 0 saturated heterocycles. The molecule has 0 aromatic carbocycles. The fourth-order valence-corrected chi connectivity index (χ4v) is 3.63. The quantitative estimate of drug-likeness (QED) is 0.670. The van der Waals surface area contributed by atoms with Gasteiger partial charge >= 0.3 is 0 Å². The minimum Gasteiger partial charge on any atom is -0.382 e. The lowest BCUT2D eigenvalue weighted by atomic mass is 9.67. The Morgan fingerprint density at radius 2 is 1.79 bits per heavy atom. The highest BCUT2D eigenvalue weighted by atomic mass is 16.5. The molecule has 0 N–H and O–H groups in total. The maximum atomic E-state index is 5.38. The monoisotopic (exact) mass is 196 g/mol. The topological polar surface area (TPSA) is 9.23 Å². The van der Waals surface area contributed by atoms with Crippen LogP contribution < -0.4 is 0 Å². The highest BCUT2D eigenvalue weighted by Gasteiger charge is 2.32. The summed E-state index contributed by atoms with van der Waals surface area (Å²) in [4.78, 5) is 0. The molecule has 2 aliphatic carbocycles. The van der Waals surface area contributed by atoms with E-state index in [9.17, 15) is 0 Å². The third-order valence-corrected chi connectivity index (χ3v) is 4.29. The molecule has 3 unspecified atom stereocenters. The summed E-state index contributed by atoms with van der Waals surface area (Å²) in [5, 5.41) is 0. The van der Waals surface area contributed by atoms with Gasteiger partial charge in [-0.05, 0) is 50.4 Å². The Labute approximate surface area is 88.2 Å². The largest absolute Gasteiger partial charge is 0.382 e. The zero-order chi connectivity index (χ0) is 9.97. The van der Waals surface area contributed by atoms with Gasteiger partial charge in [-0.25, -0.2) is 0 Å². The first-order valence-electron chi connectivity index (χ1n) is 6.30. The fourth-order valence-electron chi connectivity index (χ4n) is 3.63. The van der Waals surface area contributed by atoms with Gasteiger partial charge in [0.25, 0.3) is 0 Å². The lowest BCUT2D eigenvalue weighted by Crippen LogP contribution is -2.28. The first kappa shape index (κ1) is 10.5. The minimum absolute atomic E-state index is 0.471. The summed E-state index contributed by atoms with van der Waals surface area (Å²) in [6.07, 6.45) is 10.8. The maximum absolute atomic E-state index is 5.38. The summed E-state index contributed by atoms with van der Waals surface area (Å²) in [6, 6.07) is 0. The summed E-state index contributed by atoms with van der Waals surface area (Å²) >= 11 is 0. The molecule has 0 aromatic rings. The number of fused-ring (bicyclic) bond motifs is 2. The van der Waals surface area contributed by atoms with Gasteiger partial charge in [0.15, 0.2) is 0 Å². The number of rotatable bonds is 3. The van der Waals surface area contributed by atoms with E-state index in [0.717, 1.165) is 17.8 Å². The zero-order valence-electron chi connectivity index (χ0n) is 9.67. The van der Waals surface area contributed by atoms with Crippen molar-refractivity contribution in [1.29, 1.82) is 0 Å². The molecule has 2 aliphatic rings. The van der Waals surface area contributed by atoms with Gasteiger partial charge in [-0.2, -0.15) is 0 Å². The molecule has 2 rings (SSSR count). The van der Waals surface area contributed by atoms with Crippen LogP contribution in [0, 0.1) is 17.8 Å². The molecule has 0 spiro atoms. The summed E-state index contributed by atoms with van der Waals surface area (Å²) in [6.45, 7) is 2.21. The number of methoxy groups -OCH3 is 1. The Balaban J connectivity index is 1.83. The maximum Gasteiger partial charge on any atom is 0.0545 e. The Hall–Kier alpha value is -0.0400. The second-order valence-electron chi connectivity index (χ2n) is 5.52. The molecule has 3 atom stereocenters. The Kier molecular flexibility index (Phi) is 3.48. The van der Waals surface area contributed by atoms with Crippen LogP contribution in [0.2, 0.25) is 0 Å². The molecular weight excluding hydrogens is 172 g/mol. The van der Waals surface area contributed by atoms with Gasteiger partial charge in [-0.15, -0.1) is 0 Å². The van der Waals surface area contributed by atoms with Gasteiger partial charge in [-0.3, -0.25) is 0 Å². The molecule has 2 saturated carbocycles. The van der Waals surface area contributed by atoms with Crippen molar-refractivity contribution in [3.63, 3.8) is 0 Å². The first-order valence-corrected chi connectivity index (χ1v) is 6.30. The van der Waals surface area contributed by atoms with Crippen LogP contribution in [-0.4, -0.2) is 13.2 Å². The van der Waals surface area contributed by atoms with Gasteiger partial charge in [-0.1, -0.05) is 19.3 Å². The second kappa shape index (κ2) is 4.65. The molecule has 82 valence electrons. The van der Waals surface area contributed by atoms with Crippen molar-refractivity contribution in [1.82, 2.24) is 0 Å². The van der Waals surface area contributed by atoms with Crippen LogP contribution in [0.15, 0.2) is 0 Å². The van der Waals surface area contributed by atoms with E-state index in [1.54, 1.807) is 0 Å². The van der Waals surface area contributed by atoms with Crippen LogP contribution >= 0.6 is 0 Å². The van der Waals surface area contributed by atoms with Gasteiger partial charge in [0.1, 0.15) is 0 Å². The fraction of sp³-hybridized carbons (Fsp3) is 1.00. The molecule has 0 radical (unpaired) electrons. The van der Waals surface area contributed by atoms with Crippen molar-refractivity contribution in [2.24, 2.45) is 17.8 Å².